The summed E-state index contributed by atoms with van der Waals surface area (Å²) in [5.41, 5.74) is 1.11. The molecule has 2 aromatic heterocycles. The zero-order valence-corrected chi connectivity index (χ0v) is 17.4. The van der Waals surface area contributed by atoms with E-state index in [2.05, 4.69) is 16.9 Å². The highest BCUT2D eigenvalue weighted by atomic mass is 32.1. The van der Waals surface area contributed by atoms with Gasteiger partial charge in [-0.3, -0.25) is 14.5 Å². The number of aliphatic hydroxyl groups excluding tert-OH is 1. The molecule has 0 saturated carbocycles. The van der Waals surface area contributed by atoms with Crippen LogP contribution in [0.15, 0.2) is 4.79 Å². The molecule has 2 N–H and O–H groups in total. The van der Waals surface area contributed by atoms with Crippen molar-refractivity contribution in [2.45, 2.75) is 65.0 Å². The highest BCUT2D eigenvalue weighted by molar-refractivity contribution is 7.18. The molecule has 0 bridgehead atoms. The average molecular weight is 408 g/mol. The molecule has 0 radical (unpaired) electrons. The van der Waals surface area contributed by atoms with Gasteiger partial charge in [-0.15, -0.1) is 11.3 Å². The fourth-order valence-electron chi connectivity index (χ4n) is 3.70. The van der Waals surface area contributed by atoms with Crippen molar-refractivity contribution in [3.8, 4) is 0 Å². The number of nitrogens with one attached hydrogen (secondary N) is 1. The Bertz CT molecular complexity index is 876. The maximum Gasteiger partial charge on any atom is 0.305 e. The summed E-state index contributed by atoms with van der Waals surface area (Å²) in [6, 6.07) is 0. The third-order valence-electron chi connectivity index (χ3n) is 4.90. The Hall–Kier alpha value is -1.77. The van der Waals surface area contributed by atoms with Crippen LogP contribution in [0.4, 0.5) is 0 Å². The maximum absolute atomic E-state index is 12.6. The molecular weight excluding hydrogens is 378 g/mol. The second-order valence-corrected chi connectivity index (χ2v) is 8.46. The van der Waals surface area contributed by atoms with E-state index in [1.807, 2.05) is 11.8 Å². The molecule has 0 fully saturated rings. The second kappa shape index (κ2) is 9.62. The van der Waals surface area contributed by atoms with Gasteiger partial charge in [-0.1, -0.05) is 13.8 Å². The number of hydrogen-bond donors (Lipinski definition) is 2. The van der Waals surface area contributed by atoms with Gasteiger partial charge in [-0.05, 0) is 44.2 Å². The normalized spacial score (nSPS) is 14.6. The van der Waals surface area contributed by atoms with Gasteiger partial charge in [0.2, 0.25) is 0 Å². The molecule has 154 valence electrons. The summed E-state index contributed by atoms with van der Waals surface area (Å²) in [6.45, 7) is 5.51. The van der Waals surface area contributed by atoms with E-state index in [4.69, 9.17) is 4.74 Å². The van der Waals surface area contributed by atoms with E-state index in [9.17, 15) is 14.7 Å². The molecule has 0 aliphatic heterocycles. The Labute approximate surface area is 168 Å². The fraction of sp³-hybridized carbons (Fsp3) is 0.650. The van der Waals surface area contributed by atoms with Crippen molar-refractivity contribution < 1.29 is 14.6 Å². The van der Waals surface area contributed by atoms with E-state index in [1.54, 1.807) is 11.3 Å². The number of carbonyl (C=O) groups excluding carboxylic acids is 1. The van der Waals surface area contributed by atoms with Gasteiger partial charge in [0.25, 0.3) is 5.56 Å². The van der Waals surface area contributed by atoms with Crippen LogP contribution in [0.5, 0.6) is 0 Å². The minimum Gasteiger partial charge on any atom is -0.463 e. The van der Waals surface area contributed by atoms with Crippen molar-refractivity contribution in [3.05, 3.63) is 26.6 Å². The SMILES string of the molecule is CCCC(=O)OCC(O)CN(CCC)Cc1nc2sc3c(c2c(=O)[nH]1)CCC3. The zero-order valence-electron chi connectivity index (χ0n) is 16.6. The van der Waals surface area contributed by atoms with Crippen LogP contribution in [0.25, 0.3) is 10.2 Å². The van der Waals surface area contributed by atoms with Gasteiger partial charge < -0.3 is 14.8 Å². The van der Waals surface area contributed by atoms with E-state index >= 15 is 0 Å². The van der Waals surface area contributed by atoms with Gasteiger partial charge in [-0.25, -0.2) is 4.98 Å². The number of ether oxygens (including phenoxy) is 1. The van der Waals surface area contributed by atoms with Gasteiger partial charge in [0.05, 0.1) is 11.9 Å². The van der Waals surface area contributed by atoms with E-state index in [0.29, 0.717) is 25.3 Å². The quantitative estimate of drug-likeness (QED) is 0.587. The van der Waals surface area contributed by atoms with Crippen molar-refractivity contribution in [1.82, 2.24) is 14.9 Å². The van der Waals surface area contributed by atoms with E-state index in [0.717, 1.165) is 48.9 Å². The Morgan fingerprint density at radius 1 is 1.36 bits per heavy atom. The van der Waals surface area contributed by atoms with Crippen LogP contribution in [0.1, 0.15) is 55.8 Å². The lowest BCUT2D eigenvalue weighted by Gasteiger charge is -2.24. The van der Waals surface area contributed by atoms with Crippen LogP contribution in [0, 0.1) is 0 Å². The number of aliphatic hydroxyl groups is 1. The van der Waals surface area contributed by atoms with E-state index in [1.165, 1.54) is 10.4 Å². The molecule has 1 aliphatic rings. The summed E-state index contributed by atoms with van der Waals surface area (Å²) in [4.78, 5) is 35.8. The summed E-state index contributed by atoms with van der Waals surface area (Å²) < 4.78 is 5.10. The number of carbonyl (C=O) groups is 1. The number of aromatic amines is 1. The number of fused-ring (bicyclic) bond motifs is 3. The lowest BCUT2D eigenvalue weighted by atomic mass is 10.2. The van der Waals surface area contributed by atoms with E-state index in [-0.39, 0.29) is 18.1 Å². The maximum atomic E-state index is 12.6. The molecule has 2 aromatic rings. The minimum absolute atomic E-state index is 0.0142. The first-order valence-electron chi connectivity index (χ1n) is 10.1. The highest BCUT2D eigenvalue weighted by Gasteiger charge is 2.22. The van der Waals surface area contributed by atoms with Crippen molar-refractivity contribution in [2.24, 2.45) is 0 Å². The number of nitrogens with zero attached hydrogens (tertiary/aromatic N) is 2. The molecule has 0 saturated heterocycles. The monoisotopic (exact) mass is 407 g/mol. The molecule has 28 heavy (non-hydrogen) atoms. The molecule has 0 amide bonds. The standard InChI is InChI=1S/C20H29N3O4S/c1-3-6-17(25)27-12-13(24)10-23(9-4-2)11-16-21-19(26)18-14-7-5-8-15(14)28-20(18)22-16/h13,24H,3-12H2,1-2H3,(H,21,22,26). The smallest absolute Gasteiger partial charge is 0.305 e. The fourth-order valence-corrected chi connectivity index (χ4v) is 4.98. The third kappa shape index (κ3) is 4.98. The molecular formula is C20H29N3O4S. The summed E-state index contributed by atoms with van der Waals surface area (Å²) in [7, 11) is 0. The average Bonchev–Trinajstić information content (AvgIpc) is 3.21. The minimum atomic E-state index is -0.770. The number of H-pyrrole nitrogens is 1. The summed E-state index contributed by atoms with van der Waals surface area (Å²) in [5.74, 6) is 0.326. The van der Waals surface area contributed by atoms with Crippen LogP contribution >= 0.6 is 11.3 Å². The summed E-state index contributed by atoms with van der Waals surface area (Å²) in [5, 5.41) is 11.0. The molecule has 7 nitrogen and oxygen atoms in total. The lowest BCUT2D eigenvalue weighted by Crippen LogP contribution is -2.36. The van der Waals surface area contributed by atoms with Gasteiger partial charge in [0, 0.05) is 17.8 Å². The number of hydrogen-bond acceptors (Lipinski definition) is 7. The van der Waals surface area contributed by atoms with E-state index < -0.39 is 6.10 Å². The molecule has 1 aliphatic carbocycles. The molecule has 0 aromatic carbocycles. The molecule has 8 heteroatoms. The molecule has 0 spiro atoms. The Kier molecular flexibility index (Phi) is 7.20. The largest absolute Gasteiger partial charge is 0.463 e. The first-order chi connectivity index (χ1) is 13.5. The molecule has 1 atom stereocenters. The van der Waals surface area contributed by atoms with Crippen molar-refractivity contribution in [3.63, 3.8) is 0 Å². The van der Waals surface area contributed by atoms with Gasteiger partial charge in [-0.2, -0.15) is 0 Å². The number of aryl methyl sites for hydroxylation is 2. The highest BCUT2D eigenvalue weighted by Crippen LogP contribution is 2.34. The lowest BCUT2D eigenvalue weighted by molar-refractivity contribution is -0.147. The third-order valence-corrected chi connectivity index (χ3v) is 6.08. The Morgan fingerprint density at radius 3 is 2.93 bits per heavy atom. The van der Waals surface area contributed by atoms with Gasteiger partial charge in [0.1, 0.15) is 23.4 Å². The van der Waals surface area contributed by atoms with Crippen molar-refractivity contribution in [1.29, 1.82) is 0 Å². The zero-order chi connectivity index (χ0) is 20.1. The first kappa shape index (κ1) is 21.0. The summed E-state index contributed by atoms with van der Waals surface area (Å²) in [6.07, 6.45) is 4.34. The predicted molar refractivity (Wildman–Crippen MR) is 110 cm³/mol. The molecule has 1 unspecified atom stereocenters. The van der Waals surface area contributed by atoms with Crippen LogP contribution in [-0.2, 0) is 28.9 Å². The number of thiophene rings is 1. The van der Waals surface area contributed by atoms with Gasteiger partial charge in [0.15, 0.2) is 0 Å². The molecule has 3 rings (SSSR count). The second-order valence-electron chi connectivity index (χ2n) is 7.37. The van der Waals surface area contributed by atoms with Gasteiger partial charge >= 0.3 is 5.97 Å². The van der Waals surface area contributed by atoms with Crippen LogP contribution < -0.4 is 5.56 Å². The first-order valence-corrected chi connectivity index (χ1v) is 10.9. The topological polar surface area (TPSA) is 95.5 Å². The number of esters is 1. The number of rotatable bonds is 10. The van der Waals surface area contributed by atoms with Crippen LogP contribution in [-0.4, -0.2) is 51.7 Å². The van der Waals surface area contributed by atoms with Crippen LogP contribution in [0.2, 0.25) is 0 Å². The molecule has 2 heterocycles. The van der Waals surface area contributed by atoms with Crippen molar-refractivity contribution >= 4 is 27.5 Å². The Morgan fingerprint density at radius 2 is 2.18 bits per heavy atom. The Balaban J connectivity index is 1.66. The number of aromatic nitrogens is 2. The van der Waals surface area contributed by atoms with Crippen molar-refractivity contribution in [2.75, 3.05) is 19.7 Å². The predicted octanol–water partition coefficient (Wildman–Crippen LogP) is 2.39. The van der Waals surface area contributed by atoms with Crippen LogP contribution in [0.3, 0.4) is 0 Å². The summed E-state index contributed by atoms with van der Waals surface area (Å²) >= 11 is 1.63.